The maximum Gasteiger partial charge on any atom is 0.319 e. The topological polar surface area (TPSA) is 62.8 Å². The van der Waals surface area contributed by atoms with Crippen LogP contribution in [-0.2, 0) is 9.47 Å². The monoisotopic (exact) mass is 363 g/mol. The predicted octanol–water partition coefficient (Wildman–Crippen LogP) is 3.26. The summed E-state index contributed by atoms with van der Waals surface area (Å²) in [6.45, 7) is 12.0. The normalized spacial score (nSPS) is 16.5. The number of carbonyl (C=O) groups excluding carboxylic acids is 1. The van der Waals surface area contributed by atoms with Gasteiger partial charge in [0.2, 0.25) is 0 Å². The molecule has 2 amide bonds. The van der Waals surface area contributed by atoms with Crippen molar-refractivity contribution in [3.8, 4) is 0 Å². The zero-order chi connectivity index (χ0) is 18.8. The minimum Gasteiger partial charge on any atom is -0.381 e. The number of nitrogens with one attached hydrogen (secondary N) is 2. The number of ether oxygens (including phenoxy) is 2. The van der Waals surface area contributed by atoms with Gasteiger partial charge in [-0.2, -0.15) is 0 Å². The van der Waals surface area contributed by atoms with Gasteiger partial charge in [-0.25, -0.2) is 4.79 Å². The molecule has 6 heteroatoms. The van der Waals surface area contributed by atoms with E-state index in [9.17, 15) is 4.79 Å². The molecule has 0 saturated carbocycles. The minimum atomic E-state index is -0.178. The molecule has 1 heterocycles. The Morgan fingerprint density at radius 2 is 1.88 bits per heavy atom. The summed E-state index contributed by atoms with van der Waals surface area (Å²) in [5.41, 5.74) is 2.05. The molecule has 1 aliphatic heterocycles. The van der Waals surface area contributed by atoms with Crippen LogP contribution in [0.25, 0.3) is 0 Å². The molecule has 1 aliphatic rings. The highest BCUT2D eigenvalue weighted by Gasteiger charge is 2.18. The van der Waals surface area contributed by atoms with Crippen molar-refractivity contribution in [2.45, 2.75) is 33.2 Å². The van der Waals surface area contributed by atoms with Crippen molar-refractivity contribution in [3.63, 3.8) is 0 Å². The van der Waals surface area contributed by atoms with Crippen LogP contribution >= 0.6 is 0 Å². The summed E-state index contributed by atoms with van der Waals surface area (Å²) >= 11 is 0. The first-order valence-corrected chi connectivity index (χ1v) is 9.60. The second-order valence-corrected chi connectivity index (χ2v) is 7.15. The van der Waals surface area contributed by atoms with Crippen LogP contribution in [0.2, 0.25) is 0 Å². The van der Waals surface area contributed by atoms with E-state index in [2.05, 4.69) is 48.4 Å². The standard InChI is InChI=1S/C20H33N3O3/c1-16(2)15-26-12-4-9-21-20(24)22-19-7-5-18(6-8-19)17(3)23-10-13-25-14-11-23/h5-8,16-17H,4,9-15H2,1-3H3,(H2,21,22,24). The first-order chi connectivity index (χ1) is 12.6. The van der Waals surface area contributed by atoms with Crippen LogP contribution in [0.15, 0.2) is 24.3 Å². The number of urea groups is 1. The summed E-state index contributed by atoms with van der Waals surface area (Å²) in [7, 11) is 0. The van der Waals surface area contributed by atoms with Gasteiger partial charge in [0.05, 0.1) is 13.2 Å². The fraction of sp³-hybridized carbons (Fsp3) is 0.650. The quantitative estimate of drug-likeness (QED) is 0.661. The number of hydrogen-bond donors (Lipinski definition) is 2. The second kappa shape index (κ2) is 11.2. The zero-order valence-corrected chi connectivity index (χ0v) is 16.3. The third kappa shape index (κ3) is 7.32. The molecule has 0 spiro atoms. The molecule has 0 bridgehead atoms. The highest BCUT2D eigenvalue weighted by molar-refractivity contribution is 5.89. The predicted molar refractivity (Wildman–Crippen MR) is 105 cm³/mol. The summed E-state index contributed by atoms with van der Waals surface area (Å²) in [5.74, 6) is 0.542. The van der Waals surface area contributed by atoms with Crippen molar-refractivity contribution in [2.75, 3.05) is 51.4 Å². The molecule has 1 fully saturated rings. The molecular formula is C20H33N3O3. The molecule has 0 aliphatic carbocycles. The van der Waals surface area contributed by atoms with Crippen molar-refractivity contribution in [2.24, 2.45) is 5.92 Å². The van der Waals surface area contributed by atoms with Crippen LogP contribution in [0.1, 0.15) is 38.8 Å². The van der Waals surface area contributed by atoms with Gasteiger partial charge >= 0.3 is 6.03 Å². The number of nitrogens with zero attached hydrogens (tertiary/aromatic N) is 1. The van der Waals surface area contributed by atoms with Crippen LogP contribution < -0.4 is 10.6 Å². The molecule has 1 atom stereocenters. The number of benzene rings is 1. The summed E-state index contributed by atoms with van der Waals surface area (Å²) in [4.78, 5) is 14.4. The van der Waals surface area contributed by atoms with Crippen LogP contribution in [0.5, 0.6) is 0 Å². The Hall–Kier alpha value is -1.63. The highest BCUT2D eigenvalue weighted by Crippen LogP contribution is 2.22. The molecule has 2 N–H and O–H groups in total. The maximum atomic E-state index is 11.9. The molecule has 0 aromatic heterocycles. The van der Waals surface area contributed by atoms with Crippen LogP contribution in [-0.4, -0.2) is 57.0 Å². The highest BCUT2D eigenvalue weighted by atomic mass is 16.5. The Labute approximate surface area is 157 Å². The van der Waals surface area contributed by atoms with Gasteiger partial charge in [0.15, 0.2) is 0 Å². The average molecular weight is 364 g/mol. The lowest BCUT2D eigenvalue weighted by Gasteiger charge is -2.32. The van der Waals surface area contributed by atoms with Crippen molar-refractivity contribution < 1.29 is 14.3 Å². The van der Waals surface area contributed by atoms with E-state index in [1.165, 1.54) is 5.56 Å². The van der Waals surface area contributed by atoms with E-state index in [0.29, 0.717) is 25.1 Å². The molecule has 146 valence electrons. The van der Waals surface area contributed by atoms with Crippen molar-refractivity contribution in [3.05, 3.63) is 29.8 Å². The number of morpholine rings is 1. The van der Waals surface area contributed by atoms with E-state index in [1.54, 1.807) is 0 Å². The van der Waals surface area contributed by atoms with Gasteiger partial charge in [-0.1, -0.05) is 26.0 Å². The van der Waals surface area contributed by atoms with Gasteiger partial charge < -0.3 is 20.1 Å². The van der Waals surface area contributed by atoms with E-state index in [-0.39, 0.29) is 6.03 Å². The SMILES string of the molecule is CC(C)COCCCNC(=O)Nc1ccc(C(C)N2CCOCC2)cc1. The summed E-state index contributed by atoms with van der Waals surface area (Å²) in [6.07, 6.45) is 0.816. The molecule has 6 nitrogen and oxygen atoms in total. The number of amides is 2. The van der Waals surface area contributed by atoms with Crippen LogP contribution in [0.3, 0.4) is 0 Å². The Morgan fingerprint density at radius 1 is 1.19 bits per heavy atom. The van der Waals surface area contributed by atoms with E-state index >= 15 is 0 Å². The van der Waals surface area contributed by atoms with Gasteiger partial charge in [-0.3, -0.25) is 4.90 Å². The Bertz CT molecular complexity index is 528. The van der Waals surface area contributed by atoms with Gasteiger partial charge in [-0.05, 0) is 37.0 Å². The van der Waals surface area contributed by atoms with Gasteiger partial charge in [0.1, 0.15) is 0 Å². The van der Waals surface area contributed by atoms with Crippen LogP contribution in [0, 0.1) is 5.92 Å². The molecule has 0 radical (unpaired) electrons. The largest absolute Gasteiger partial charge is 0.381 e. The summed E-state index contributed by atoms with van der Waals surface area (Å²) in [6, 6.07) is 8.25. The molecule has 2 rings (SSSR count). The molecule has 1 unspecified atom stereocenters. The van der Waals surface area contributed by atoms with Crippen molar-refractivity contribution >= 4 is 11.7 Å². The Morgan fingerprint density at radius 3 is 2.54 bits per heavy atom. The molecular weight excluding hydrogens is 330 g/mol. The van der Waals surface area contributed by atoms with E-state index in [1.807, 2.05) is 12.1 Å². The molecule has 1 aromatic rings. The van der Waals surface area contributed by atoms with Crippen LogP contribution in [0.4, 0.5) is 10.5 Å². The van der Waals surface area contributed by atoms with E-state index < -0.39 is 0 Å². The van der Waals surface area contributed by atoms with Gasteiger partial charge in [0, 0.05) is 44.6 Å². The fourth-order valence-corrected chi connectivity index (χ4v) is 2.89. The maximum absolute atomic E-state index is 11.9. The number of hydrogen-bond acceptors (Lipinski definition) is 4. The summed E-state index contributed by atoms with van der Waals surface area (Å²) < 4.78 is 10.9. The number of carbonyl (C=O) groups is 1. The lowest BCUT2D eigenvalue weighted by Crippen LogP contribution is -2.38. The Balaban J connectivity index is 1.68. The van der Waals surface area contributed by atoms with Gasteiger partial charge in [0.25, 0.3) is 0 Å². The lowest BCUT2D eigenvalue weighted by molar-refractivity contribution is 0.0198. The first-order valence-electron chi connectivity index (χ1n) is 9.60. The van der Waals surface area contributed by atoms with Crippen molar-refractivity contribution in [1.29, 1.82) is 0 Å². The Kier molecular flexibility index (Phi) is 8.88. The smallest absolute Gasteiger partial charge is 0.319 e. The fourth-order valence-electron chi connectivity index (χ4n) is 2.89. The molecule has 1 aromatic carbocycles. The van der Waals surface area contributed by atoms with E-state index in [0.717, 1.165) is 45.0 Å². The average Bonchev–Trinajstić information content (AvgIpc) is 2.65. The molecule has 1 saturated heterocycles. The van der Waals surface area contributed by atoms with Gasteiger partial charge in [-0.15, -0.1) is 0 Å². The number of anilines is 1. The third-order valence-electron chi connectivity index (χ3n) is 4.45. The lowest BCUT2D eigenvalue weighted by atomic mass is 10.1. The summed E-state index contributed by atoms with van der Waals surface area (Å²) in [5, 5.41) is 5.73. The zero-order valence-electron chi connectivity index (χ0n) is 16.3. The third-order valence-corrected chi connectivity index (χ3v) is 4.45. The first kappa shape index (κ1) is 20.7. The van der Waals surface area contributed by atoms with Crippen molar-refractivity contribution in [1.82, 2.24) is 10.2 Å². The van der Waals surface area contributed by atoms with E-state index in [4.69, 9.17) is 9.47 Å². The minimum absolute atomic E-state index is 0.178. The second-order valence-electron chi connectivity index (χ2n) is 7.15. The molecule has 26 heavy (non-hydrogen) atoms. The number of rotatable bonds is 9.